The summed E-state index contributed by atoms with van der Waals surface area (Å²) < 4.78 is 1.72. The molecule has 0 radical (unpaired) electrons. The fraction of sp³-hybridized carbons (Fsp3) is 0.714. The smallest absolute Gasteiger partial charge is 0.147 e. The summed E-state index contributed by atoms with van der Waals surface area (Å²) in [7, 11) is 0. The maximum atomic E-state index is 2.44. The third-order valence-electron chi connectivity index (χ3n) is 4.32. The molecule has 2 rings (SSSR count). The fourth-order valence-corrected chi connectivity index (χ4v) is 4.42. The minimum Gasteiger partial charge on any atom is -0.147 e. The van der Waals surface area contributed by atoms with Crippen LogP contribution in [0.5, 0.6) is 0 Å². The first-order valence-electron chi connectivity index (χ1n) is 6.28. The summed E-state index contributed by atoms with van der Waals surface area (Å²) in [5.41, 5.74) is 2.28. The molecular formula is C14H23Cl2Zr. The Morgan fingerprint density at radius 1 is 1.12 bits per heavy atom. The van der Waals surface area contributed by atoms with Crippen molar-refractivity contribution in [3.63, 3.8) is 0 Å². The van der Waals surface area contributed by atoms with Gasteiger partial charge in [0.2, 0.25) is 0 Å². The van der Waals surface area contributed by atoms with E-state index in [0.717, 1.165) is 5.92 Å². The van der Waals surface area contributed by atoms with E-state index in [2.05, 4.69) is 26.0 Å². The third-order valence-corrected chi connectivity index (χ3v) is 5.48. The molecule has 0 heterocycles. The molecule has 1 fully saturated rings. The SMILES string of the molecule is CC(C)C1(C2=[C]([Zr])CC=C2)CCCCC1.Cl.Cl. The molecule has 2 aliphatic carbocycles. The molecule has 0 bridgehead atoms. The zero-order valence-electron chi connectivity index (χ0n) is 10.8. The first-order chi connectivity index (χ1) is 7.17. The summed E-state index contributed by atoms with van der Waals surface area (Å²) in [6, 6.07) is 0. The summed E-state index contributed by atoms with van der Waals surface area (Å²) in [5.74, 6) is 0.811. The van der Waals surface area contributed by atoms with E-state index >= 15 is 0 Å². The van der Waals surface area contributed by atoms with Gasteiger partial charge in [-0.25, -0.2) is 0 Å². The van der Waals surface area contributed by atoms with Crippen molar-refractivity contribution in [2.75, 3.05) is 0 Å². The van der Waals surface area contributed by atoms with Crippen molar-refractivity contribution < 1.29 is 24.7 Å². The van der Waals surface area contributed by atoms with Crippen molar-refractivity contribution in [1.29, 1.82) is 0 Å². The maximum Gasteiger partial charge on any atom is -0.147 e. The molecule has 1 saturated carbocycles. The Morgan fingerprint density at radius 3 is 2.12 bits per heavy atom. The van der Waals surface area contributed by atoms with Gasteiger partial charge < -0.3 is 0 Å². The van der Waals surface area contributed by atoms with Crippen molar-refractivity contribution in [3.05, 3.63) is 21.0 Å². The van der Waals surface area contributed by atoms with Gasteiger partial charge in [-0.3, -0.25) is 0 Å². The summed E-state index contributed by atoms with van der Waals surface area (Å²) in [5, 5.41) is 0. The Bertz CT molecular complexity index is 299. The number of halogens is 2. The van der Waals surface area contributed by atoms with Gasteiger partial charge in [0.05, 0.1) is 0 Å². The van der Waals surface area contributed by atoms with E-state index < -0.39 is 0 Å². The van der Waals surface area contributed by atoms with Crippen LogP contribution in [0.1, 0.15) is 52.4 Å². The predicted octanol–water partition coefficient (Wildman–Crippen LogP) is 5.20. The van der Waals surface area contributed by atoms with Gasteiger partial charge >= 0.3 is 109 Å². The van der Waals surface area contributed by atoms with E-state index in [9.17, 15) is 0 Å². The van der Waals surface area contributed by atoms with E-state index in [4.69, 9.17) is 0 Å². The zero-order valence-corrected chi connectivity index (χ0v) is 14.9. The average Bonchev–Trinajstić information content (AvgIpc) is 2.66. The van der Waals surface area contributed by atoms with Crippen LogP contribution in [0.2, 0.25) is 0 Å². The maximum absolute atomic E-state index is 2.44. The van der Waals surface area contributed by atoms with Crippen LogP contribution in [-0.2, 0) is 24.7 Å². The van der Waals surface area contributed by atoms with Crippen LogP contribution in [0.3, 0.4) is 0 Å². The second kappa shape index (κ2) is 7.51. The van der Waals surface area contributed by atoms with Gasteiger partial charge in [-0.15, -0.1) is 24.8 Å². The van der Waals surface area contributed by atoms with E-state index in [1.807, 2.05) is 0 Å². The van der Waals surface area contributed by atoms with E-state index in [-0.39, 0.29) is 24.8 Å². The third kappa shape index (κ3) is 3.49. The Balaban J connectivity index is 0.00000128. The quantitative estimate of drug-likeness (QED) is 0.640. The Morgan fingerprint density at radius 2 is 1.71 bits per heavy atom. The van der Waals surface area contributed by atoms with Crippen LogP contribution in [0.15, 0.2) is 21.0 Å². The fourth-order valence-electron chi connectivity index (χ4n) is 3.31. The number of rotatable bonds is 2. The Labute approximate surface area is 133 Å². The molecule has 3 heteroatoms. The summed E-state index contributed by atoms with van der Waals surface area (Å²) in [4.78, 5) is 0. The number of hydrogen-bond donors (Lipinski definition) is 0. The van der Waals surface area contributed by atoms with Crippen molar-refractivity contribution in [3.8, 4) is 0 Å². The van der Waals surface area contributed by atoms with Gasteiger partial charge in [-0.2, -0.15) is 0 Å². The van der Waals surface area contributed by atoms with Gasteiger partial charge in [-0.1, -0.05) is 0 Å². The first-order valence-corrected chi connectivity index (χ1v) is 7.51. The standard InChI is InChI=1S/C14H21.2ClH.Zr/c1-12(2)14(10-6-3-7-11-14)13-8-4-5-9-13;;;/h4,8,12H,3,5-7,10-11H2,1-2H3;2*1H;. The van der Waals surface area contributed by atoms with Crippen LogP contribution in [0.4, 0.5) is 0 Å². The number of allylic oxidation sites excluding steroid dienone is 4. The summed E-state index contributed by atoms with van der Waals surface area (Å²) >= 11 is 1.64. The van der Waals surface area contributed by atoms with Crippen LogP contribution < -0.4 is 0 Å². The molecule has 0 atom stereocenters. The van der Waals surface area contributed by atoms with Crippen LogP contribution >= 0.6 is 24.8 Å². The molecule has 2 aliphatic rings. The molecule has 0 unspecified atom stereocenters. The molecule has 0 nitrogen and oxygen atoms in total. The topological polar surface area (TPSA) is 0 Å². The largest absolute Gasteiger partial charge is 0.147 e. The van der Waals surface area contributed by atoms with Crippen LogP contribution in [0, 0.1) is 11.3 Å². The van der Waals surface area contributed by atoms with Crippen molar-refractivity contribution in [1.82, 2.24) is 0 Å². The van der Waals surface area contributed by atoms with Crippen LogP contribution in [-0.4, -0.2) is 0 Å². The van der Waals surface area contributed by atoms with Crippen molar-refractivity contribution >= 4 is 24.8 Å². The molecule has 0 aromatic carbocycles. The normalized spacial score (nSPS) is 22.2. The number of hydrogen-bond acceptors (Lipinski definition) is 0. The van der Waals surface area contributed by atoms with Gasteiger partial charge in [0.25, 0.3) is 0 Å². The molecule has 0 N–H and O–H groups in total. The molecule has 97 valence electrons. The van der Waals surface area contributed by atoms with Gasteiger partial charge in [0.1, 0.15) is 0 Å². The zero-order chi connectivity index (χ0) is 10.9. The monoisotopic (exact) mass is 351 g/mol. The molecule has 0 aliphatic heterocycles. The minimum atomic E-state index is 0. The minimum absolute atomic E-state index is 0. The Hall–Kier alpha value is 0.943. The summed E-state index contributed by atoms with van der Waals surface area (Å²) in [6.07, 6.45) is 13.3. The van der Waals surface area contributed by atoms with E-state index in [1.165, 1.54) is 38.5 Å². The average molecular weight is 353 g/mol. The van der Waals surface area contributed by atoms with E-state index in [1.54, 1.807) is 33.6 Å². The molecule has 0 saturated heterocycles. The molecular weight excluding hydrogens is 330 g/mol. The molecule has 0 amide bonds. The van der Waals surface area contributed by atoms with Gasteiger partial charge in [0, 0.05) is 0 Å². The molecule has 17 heavy (non-hydrogen) atoms. The van der Waals surface area contributed by atoms with Crippen molar-refractivity contribution in [2.24, 2.45) is 11.3 Å². The van der Waals surface area contributed by atoms with Gasteiger partial charge in [0.15, 0.2) is 0 Å². The van der Waals surface area contributed by atoms with Crippen LogP contribution in [0.25, 0.3) is 0 Å². The van der Waals surface area contributed by atoms with Crippen molar-refractivity contribution in [2.45, 2.75) is 52.4 Å². The summed E-state index contributed by atoms with van der Waals surface area (Å²) in [6.45, 7) is 4.85. The second-order valence-electron chi connectivity index (χ2n) is 5.37. The molecule has 0 aromatic heterocycles. The Kier molecular flexibility index (Phi) is 7.93. The molecule has 0 spiro atoms. The molecule has 0 aromatic rings. The predicted molar refractivity (Wildman–Crippen MR) is 75.6 cm³/mol. The van der Waals surface area contributed by atoms with E-state index in [0.29, 0.717) is 5.41 Å². The first kappa shape index (κ1) is 17.9. The second-order valence-corrected chi connectivity index (χ2v) is 6.85. The van der Waals surface area contributed by atoms with Gasteiger partial charge in [-0.05, 0) is 0 Å².